The van der Waals surface area contributed by atoms with Gasteiger partial charge in [0.2, 0.25) is 5.91 Å². The molecule has 2 aliphatic carbocycles. The van der Waals surface area contributed by atoms with E-state index in [2.05, 4.69) is 0 Å². The molecule has 1 N–H and O–H groups in total. The van der Waals surface area contributed by atoms with Crippen molar-refractivity contribution in [2.45, 2.75) is 78.7 Å². The van der Waals surface area contributed by atoms with Gasteiger partial charge in [-0.05, 0) is 74.3 Å². The molecule has 0 spiro atoms. The van der Waals surface area contributed by atoms with Gasteiger partial charge in [0, 0.05) is 18.0 Å². The molecule has 2 aromatic rings. The number of hydrogen-bond acceptors (Lipinski definition) is 4. The third-order valence-corrected chi connectivity index (χ3v) is 11.9. The summed E-state index contributed by atoms with van der Waals surface area (Å²) < 4.78 is 137. The molecular formula is C29H27F8NO5S. The predicted octanol–water partition coefficient (Wildman–Crippen LogP) is 6.22. The monoisotopic (exact) mass is 653 g/mol. The molecule has 3 aliphatic rings. The van der Waals surface area contributed by atoms with Crippen LogP contribution in [0, 0.1) is 17.7 Å². The van der Waals surface area contributed by atoms with E-state index in [4.69, 9.17) is 0 Å². The summed E-state index contributed by atoms with van der Waals surface area (Å²) in [6.45, 7) is -0.143. The van der Waals surface area contributed by atoms with E-state index < -0.39 is 78.6 Å². The van der Waals surface area contributed by atoms with Crippen molar-refractivity contribution in [1.82, 2.24) is 4.90 Å². The van der Waals surface area contributed by atoms with Crippen LogP contribution in [0.3, 0.4) is 0 Å². The number of likely N-dealkylation sites (tertiary alicyclic amines) is 1. The molecule has 44 heavy (non-hydrogen) atoms. The Balaban J connectivity index is 1.63. The number of benzene rings is 2. The van der Waals surface area contributed by atoms with Gasteiger partial charge in [0.15, 0.2) is 9.84 Å². The van der Waals surface area contributed by atoms with Gasteiger partial charge < -0.3 is 10.0 Å². The maximum Gasteiger partial charge on any atom is 0.435 e. The Labute approximate surface area is 247 Å². The molecule has 5 rings (SSSR count). The number of alkyl halides is 7. The van der Waals surface area contributed by atoms with Crippen molar-refractivity contribution >= 4 is 21.7 Å². The Morgan fingerprint density at radius 1 is 0.864 bits per heavy atom. The van der Waals surface area contributed by atoms with E-state index in [-0.39, 0.29) is 68.7 Å². The van der Waals surface area contributed by atoms with Gasteiger partial charge in [-0.25, -0.2) is 17.2 Å². The van der Waals surface area contributed by atoms with E-state index in [1.807, 2.05) is 0 Å². The molecule has 6 nitrogen and oxygen atoms in total. The maximum absolute atomic E-state index is 15.0. The molecule has 0 bridgehead atoms. The quantitative estimate of drug-likeness (QED) is 0.387. The van der Waals surface area contributed by atoms with Crippen molar-refractivity contribution in [3.63, 3.8) is 0 Å². The number of sulfone groups is 1. The lowest BCUT2D eigenvalue weighted by molar-refractivity contribution is -0.348. The minimum Gasteiger partial charge on any atom is -0.481 e. The molecule has 1 heterocycles. The van der Waals surface area contributed by atoms with E-state index in [0.717, 1.165) is 30.3 Å². The van der Waals surface area contributed by atoms with Crippen molar-refractivity contribution in [2.24, 2.45) is 11.8 Å². The van der Waals surface area contributed by atoms with Crippen LogP contribution in [0.25, 0.3) is 0 Å². The number of amides is 1. The lowest BCUT2D eigenvalue weighted by Gasteiger charge is -2.44. The molecule has 15 heteroatoms. The summed E-state index contributed by atoms with van der Waals surface area (Å²) >= 11 is 0. The van der Waals surface area contributed by atoms with Crippen molar-refractivity contribution < 1.29 is 58.2 Å². The maximum atomic E-state index is 15.0. The van der Waals surface area contributed by atoms with E-state index in [1.54, 1.807) is 0 Å². The van der Waals surface area contributed by atoms with Crippen LogP contribution < -0.4 is 0 Å². The Morgan fingerprint density at radius 3 is 2.05 bits per heavy atom. The Bertz CT molecular complexity index is 1570. The number of rotatable bonds is 5. The normalized spacial score (nSPS) is 26.2. The second-order valence-corrected chi connectivity index (χ2v) is 13.8. The fourth-order valence-corrected chi connectivity index (χ4v) is 9.56. The zero-order chi connectivity index (χ0) is 32.5. The summed E-state index contributed by atoms with van der Waals surface area (Å²) in [5.74, 6) is -3.59. The van der Waals surface area contributed by atoms with Crippen molar-refractivity contribution in [2.75, 3.05) is 6.54 Å². The van der Waals surface area contributed by atoms with Crippen LogP contribution in [-0.4, -0.2) is 55.2 Å². The van der Waals surface area contributed by atoms with E-state index in [1.165, 1.54) is 4.90 Å². The van der Waals surface area contributed by atoms with Gasteiger partial charge in [-0.3, -0.25) is 9.59 Å². The summed E-state index contributed by atoms with van der Waals surface area (Å²) in [4.78, 5) is 25.9. The summed E-state index contributed by atoms with van der Waals surface area (Å²) in [7, 11) is -4.67. The minimum absolute atomic E-state index is 0.143. The highest BCUT2D eigenvalue weighted by molar-refractivity contribution is 7.92. The molecule has 1 saturated heterocycles. The van der Waals surface area contributed by atoms with Crippen LogP contribution >= 0.6 is 0 Å². The smallest absolute Gasteiger partial charge is 0.435 e. The number of fused-ring (bicyclic) bond motifs is 3. The molecule has 240 valence electrons. The molecule has 1 amide bonds. The molecule has 2 atom stereocenters. The number of nitrogens with zero attached hydrogens (tertiary/aromatic N) is 1. The van der Waals surface area contributed by atoms with Crippen LogP contribution in [0.1, 0.15) is 55.2 Å². The molecule has 1 aliphatic heterocycles. The van der Waals surface area contributed by atoms with Gasteiger partial charge in [-0.1, -0.05) is 24.3 Å². The van der Waals surface area contributed by atoms with Crippen LogP contribution in [0.4, 0.5) is 35.1 Å². The molecule has 2 aromatic carbocycles. The second kappa shape index (κ2) is 10.7. The number of aryl methyl sites for hydroxylation is 1. The fourth-order valence-electron chi connectivity index (χ4n) is 7.16. The first-order valence-corrected chi connectivity index (χ1v) is 15.3. The summed E-state index contributed by atoms with van der Waals surface area (Å²) in [6, 6.07) is 4.22. The third-order valence-electron chi connectivity index (χ3n) is 9.36. The van der Waals surface area contributed by atoms with Gasteiger partial charge in [-0.15, -0.1) is 0 Å². The fraction of sp³-hybridized carbons (Fsp3) is 0.517. The standard InChI is InChI=1S/C29H27F8NO5S/c30-20-2-1-3-21(15-20)44(42,43)26-12-13-38(24(39)16-4-6-17(7-5-16)25(40)41)23(26)11-8-18-14-19(9-10-22(18)26)27(31,28(32,33)34)29(35,36)37/h1-3,9-10,14-17,23H,4-8,11-13H2,(H,40,41)/t16?,17?,23-,26-/m1/s1. The van der Waals surface area contributed by atoms with Crippen LogP contribution in [0.5, 0.6) is 0 Å². The topological polar surface area (TPSA) is 91.8 Å². The number of carbonyl (C=O) groups excluding carboxylic acids is 1. The van der Waals surface area contributed by atoms with Crippen molar-refractivity contribution in [3.05, 3.63) is 65.0 Å². The van der Waals surface area contributed by atoms with Crippen molar-refractivity contribution in [1.29, 1.82) is 0 Å². The summed E-state index contributed by atoms with van der Waals surface area (Å²) in [5.41, 5.74) is -7.93. The number of carboxylic acids is 1. The highest BCUT2D eigenvalue weighted by atomic mass is 32.2. The van der Waals surface area contributed by atoms with Gasteiger partial charge >= 0.3 is 24.0 Å². The third kappa shape index (κ3) is 4.76. The molecule has 0 unspecified atom stereocenters. The first kappa shape index (κ1) is 32.2. The number of hydrogen-bond donors (Lipinski definition) is 1. The van der Waals surface area contributed by atoms with Gasteiger partial charge in [0.1, 0.15) is 10.6 Å². The Morgan fingerprint density at radius 2 is 1.48 bits per heavy atom. The SMILES string of the molecule is O=C(O)C1CCC(C(=O)N2CC[C@@]3(S(=O)(=O)c4cccc(F)c4)c4ccc(C(F)(C(F)(F)F)C(F)(F)F)cc4CC[C@@H]23)CC1. The summed E-state index contributed by atoms with van der Waals surface area (Å²) in [5, 5.41) is 9.30. The average molecular weight is 654 g/mol. The first-order chi connectivity index (χ1) is 20.4. The van der Waals surface area contributed by atoms with Crippen LogP contribution in [0.15, 0.2) is 47.4 Å². The lowest BCUT2D eigenvalue weighted by atomic mass is 9.76. The highest BCUT2D eigenvalue weighted by Crippen LogP contribution is 2.57. The van der Waals surface area contributed by atoms with Crippen LogP contribution in [0.2, 0.25) is 0 Å². The largest absolute Gasteiger partial charge is 0.481 e. The van der Waals surface area contributed by atoms with Crippen molar-refractivity contribution in [3.8, 4) is 0 Å². The average Bonchev–Trinajstić information content (AvgIpc) is 3.36. The predicted molar refractivity (Wildman–Crippen MR) is 138 cm³/mol. The first-order valence-electron chi connectivity index (χ1n) is 13.9. The zero-order valence-electron chi connectivity index (χ0n) is 22.9. The van der Waals surface area contributed by atoms with Gasteiger partial charge in [0.05, 0.1) is 16.9 Å². The molecule has 0 aromatic heterocycles. The molecule has 2 fully saturated rings. The zero-order valence-corrected chi connectivity index (χ0v) is 23.7. The number of carbonyl (C=O) groups is 2. The Kier molecular flexibility index (Phi) is 7.82. The number of carboxylic acid groups (broad SMARTS) is 1. The lowest BCUT2D eigenvalue weighted by Crippen LogP contribution is -2.53. The number of halogens is 8. The molecular weight excluding hydrogens is 626 g/mol. The second-order valence-electron chi connectivity index (χ2n) is 11.6. The van der Waals surface area contributed by atoms with E-state index >= 15 is 0 Å². The van der Waals surface area contributed by atoms with Gasteiger partial charge in [0.25, 0.3) is 0 Å². The molecule has 0 radical (unpaired) electrons. The number of aliphatic carboxylic acids is 1. The van der Waals surface area contributed by atoms with Crippen LogP contribution in [-0.2, 0) is 36.3 Å². The summed E-state index contributed by atoms with van der Waals surface area (Å²) in [6.07, 6.45) is -12.6. The Hall–Kier alpha value is -3.23. The van der Waals surface area contributed by atoms with E-state index in [0.29, 0.717) is 6.07 Å². The molecule has 1 saturated carbocycles. The van der Waals surface area contributed by atoms with E-state index in [9.17, 15) is 58.2 Å². The van der Waals surface area contributed by atoms with Gasteiger partial charge in [-0.2, -0.15) is 26.3 Å². The minimum atomic E-state index is -6.38. The highest BCUT2D eigenvalue weighted by Gasteiger charge is 2.74.